The SMILES string of the molecule is O=C(NCc1cc(Cl)cc(Cl)c1)c1cc2ccccc2n1Cc1ccc(Cl)cc1Cl. The van der Waals surface area contributed by atoms with Crippen LogP contribution in [0, 0.1) is 0 Å². The number of fused-ring (bicyclic) bond motifs is 1. The molecule has 1 N–H and O–H groups in total. The van der Waals surface area contributed by atoms with Crippen molar-refractivity contribution in [3.63, 3.8) is 0 Å². The Hall–Kier alpha value is -2.17. The van der Waals surface area contributed by atoms with Crippen LogP contribution in [-0.4, -0.2) is 10.5 Å². The minimum atomic E-state index is -0.201. The van der Waals surface area contributed by atoms with Crippen molar-refractivity contribution in [3.8, 4) is 0 Å². The number of halogens is 4. The minimum Gasteiger partial charge on any atom is -0.347 e. The van der Waals surface area contributed by atoms with Crippen molar-refractivity contribution < 1.29 is 4.79 Å². The van der Waals surface area contributed by atoms with Gasteiger partial charge in [0.05, 0.1) is 0 Å². The van der Waals surface area contributed by atoms with Gasteiger partial charge < -0.3 is 9.88 Å². The fourth-order valence-electron chi connectivity index (χ4n) is 3.38. The van der Waals surface area contributed by atoms with Crippen LogP contribution in [0.3, 0.4) is 0 Å². The lowest BCUT2D eigenvalue weighted by Gasteiger charge is -2.13. The minimum absolute atomic E-state index is 0.201. The van der Waals surface area contributed by atoms with Gasteiger partial charge in [-0.15, -0.1) is 0 Å². The Labute approximate surface area is 194 Å². The number of nitrogens with one attached hydrogen (secondary N) is 1. The van der Waals surface area contributed by atoms with Crippen LogP contribution in [0.4, 0.5) is 0 Å². The zero-order valence-electron chi connectivity index (χ0n) is 15.6. The first kappa shape index (κ1) is 21.1. The highest BCUT2D eigenvalue weighted by Crippen LogP contribution is 2.26. The van der Waals surface area contributed by atoms with Crippen molar-refractivity contribution in [2.75, 3.05) is 0 Å². The second-order valence-corrected chi connectivity index (χ2v) is 8.59. The molecule has 0 spiro atoms. The molecule has 1 heterocycles. The number of benzene rings is 3. The summed E-state index contributed by atoms with van der Waals surface area (Å²) >= 11 is 24.5. The molecule has 0 atom stereocenters. The van der Waals surface area contributed by atoms with E-state index in [1.165, 1.54) is 0 Å². The van der Waals surface area contributed by atoms with Crippen molar-refractivity contribution in [1.29, 1.82) is 0 Å². The highest BCUT2D eigenvalue weighted by atomic mass is 35.5. The summed E-state index contributed by atoms with van der Waals surface area (Å²) in [7, 11) is 0. The third-order valence-corrected chi connectivity index (χ3v) is 5.79. The van der Waals surface area contributed by atoms with Crippen LogP contribution < -0.4 is 5.32 Å². The summed E-state index contributed by atoms with van der Waals surface area (Å²) in [5.41, 5.74) is 3.18. The number of aromatic nitrogens is 1. The lowest BCUT2D eigenvalue weighted by Crippen LogP contribution is -2.25. The zero-order chi connectivity index (χ0) is 21.3. The molecule has 4 aromatic rings. The molecule has 30 heavy (non-hydrogen) atoms. The molecule has 0 aliphatic heterocycles. The molecule has 0 saturated carbocycles. The number of hydrogen-bond acceptors (Lipinski definition) is 1. The number of carbonyl (C=O) groups is 1. The van der Waals surface area contributed by atoms with Crippen LogP contribution in [0.1, 0.15) is 21.6 Å². The highest BCUT2D eigenvalue weighted by molar-refractivity contribution is 6.35. The summed E-state index contributed by atoms with van der Waals surface area (Å²) in [6, 6.07) is 20.3. The van der Waals surface area contributed by atoms with Gasteiger partial charge in [0.2, 0.25) is 0 Å². The van der Waals surface area contributed by atoms with Crippen molar-refractivity contribution >= 4 is 63.2 Å². The topological polar surface area (TPSA) is 34.0 Å². The van der Waals surface area contributed by atoms with Crippen molar-refractivity contribution in [2.24, 2.45) is 0 Å². The Morgan fingerprint density at radius 1 is 0.833 bits per heavy atom. The van der Waals surface area contributed by atoms with Gasteiger partial charge in [-0.05, 0) is 53.6 Å². The van der Waals surface area contributed by atoms with Crippen molar-refractivity contribution in [2.45, 2.75) is 13.1 Å². The van der Waals surface area contributed by atoms with Crippen molar-refractivity contribution in [3.05, 3.63) is 104 Å². The first-order valence-corrected chi connectivity index (χ1v) is 10.7. The summed E-state index contributed by atoms with van der Waals surface area (Å²) in [6.45, 7) is 0.748. The van der Waals surface area contributed by atoms with Gasteiger partial charge in [-0.2, -0.15) is 0 Å². The predicted octanol–water partition coefficient (Wildman–Crippen LogP) is 7.23. The van der Waals surface area contributed by atoms with Gasteiger partial charge in [0, 0.05) is 44.1 Å². The van der Waals surface area contributed by atoms with Gasteiger partial charge in [-0.1, -0.05) is 70.7 Å². The average Bonchev–Trinajstić information content (AvgIpc) is 3.06. The summed E-state index contributed by atoms with van der Waals surface area (Å²) < 4.78 is 1.95. The van der Waals surface area contributed by atoms with E-state index < -0.39 is 0 Å². The molecule has 152 valence electrons. The van der Waals surface area contributed by atoms with E-state index in [0.29, 0.717) is 38.9 Å². The van der Waals surface area contributed by atoms with E-state index in [9.17, 15) is 4.79 Å². The van der Waals surface area contributed by atoms with Gasteiger partial charge in [0.1, 0.15) is 5.69 Å². The van der Waals surface area contributed by atoms with Gasteiger partial charge in [0.15, 0.2) is 0 Å². The number of rotatable bonds is 5. The van der Waals surface area contributed by atoms with Crippen LogP contribution in [-0.2, 0) is 13.1 Å². The molecular formula is C23H16Cl4N2O. The molecule has 3 nitrogen and oxygen atoms in total. The lowest BCUT2D eigenvalue weighted by atomic mass is 10.2. The van der Waals surface area contributed by atoms with E-state index in [1.807, 2.05) is 41.0 Å². The molecule has 0 aliphatic carbocycles. The van der Waals surface area contributed by atoms with Gasteiger partial charge in [0.25, 0.3) is 5.91 Å². The standard InChI is InChI=1S/C23H16Cl4N2O/c24-17-6-5-16(20(27)11-17)13-29-21-4-2-1-3-15(21)9-22(29)23(30)28-12-14-7-18(25)10-19(26)8-14/h1-11H,12-13H2,(H,28,30). The van der Waals surface area contributed by atoms with Gasteiger partial charge in [-0.25, -0.2) is 0 Å². The first-order chi connectivity index (χ1) is 14.4. The van der Waals surface area contributed by atoms with Crippen molar-refractivity contribution in [1.82, 2.24) is 9.88 Å². The van der Waals surface area contributed by atoms with Crippen LogP contribution in [0.15, 0.2) is 66.7 Å². The second kappa shape index (κ2) is 8.91. The third kappa shape index (κ3) is 4.60. The Balaban J connectivity index is 1.66. The molecular weight excluding hydrogens is 462 g/mol. The van der Waals surface area contributed by atoms with E-state index in [0.717, 1.165) is 22.0 Å². The van der Waals surface area contributed by atoms with Gasteiger partial charge >= 0.3 is 0 Å². The molecule has 3 aromatic carbocycles. The fraction of sp³-hybridized carbons (Fsp3) is 0.0870. The van der Waals surface area contributed by atoms with E-state index >= 15 is 0 Å². The molecule has 1 amide bonds. The smallest absolute Gasteiger partial charge is 0.268 e. The molecule has 0 fully saturated rings. The normalized spacial score (nSPS) is 11.1. The highest BCUT2D eigenvalue weighted by Gasteiger charge is 2.17. The number of nitrogens with zero attached hydrogens (tertiary/aromatic N) is 1. The third-order valence-electron chi connectivity index (χ3n) is 4.76. The Kier molecular flexibility index (Phi) is 6.26. The maximum atomic E-state index is 13.1. The molecule has 7 heteroatoms. The Morgan fingerprint density at radius 2 is 1.57 bits per heavy atom. The summed E-state index contributed by atoms with van der Waals surface area (Å²) in [5.74, 6) is -0.201. The molecule has 0 radical (unpaired) electrons. The quantitative estimate of drug-likeness (QED) is 0.323. The number of hydrogen-bond donors (Lipinski definition) is 1. The van der Waals surface area contributed by atoms with Crippen LogP contribution >= 0.6 is 46.4 Å². The van der Waals surface area contributed by atoms with E-state index in [4.69, 9.17) is 46.4 Å². The second-order valence-electron chi connectivity index (χ2n) is 6.87. The lowest BCUT2D eigenvalue weighted by molar-refractivity contribution is 0.0942. The molecule has 1 aromatic heterocycles. The monoisotopic (exact) mass is 476 g/mol. The predicted molar refractivity (Wildman–Crippen MR) is 125 cm³/mol. The zero-order valence-corrected chi connectivity index (χ0v) is 18.7. The summed E-state index contributed by atoms with van der Waals surface area (Å²) in [6.07, 6.45) is 0. The fourth-order valence-corrected chi connectivity index (χ4v) is 4.41. The Bertz CT molecular complexity index is 1230. The van der Waals surface area contributed by atoms with Crippen LogP contribution in [0.2, 0.25) is 20.1 Å². The van der Waals surface area contributed by atoms with E-state index in [1.54, 1.807) is 30.3 Å². The molecule has 0 unspecified atom stereocenters. The molecule has 4 rings (SSSR count). The summed E-state index contributed by atoms with van der Waals surface area (Å²) in [5, 5.41) is 6.10. The van der Waals surface area contributed by atoms with Gasteiger partial charge in [-0.3, -0.25) is 4.79 Å². The number of para-hydroxylation sites is 1. The summed E-state index contributed by atoms with van der Waals surface area (Å²) in [4.78, 5) is 13.1. The van der Waals surface area contributed by atoms with Crippen LogP contribution in [0.25, 0.3) is 10.9 Å². The van der Waals surface area contributed by atoms with Crippen LogP contribution in [0.5, 0.6) is 0 Å². The molecule has 0 aliphatic rings. The van der Waals surface area contributed by atoms with E-state index in [2.05, 4.69) is 5.32 Å². The maximum Gasteiger partial charge on any atom is 0.268 e. The average molecular weight is 478 g/mol. The molecule has 0 saturated heterocycles. The number of carbonyl (C=O) groups excluding carboxylic acids is 1. The Morgan fingerprint density at radius 3 is 2.30 bits per heavy atom. The number of amides is 1. The molecule has 0 bridgehead atoms. The first-order valence-electron chi connectivity index (χ1n) is 9.16. The van der Waals surface area contributed by atoms with E-state index in [-0.39, 0.29) is 5.91 Å². The maximum absolute atomic E-state index is 13.1. The largest absolute Gasteiger partial charge is 0.347 e.